The van der Waals surface area contributed by atoms with Crippen molar-refractivity contribution in [1.82, 2.24) is 9.88 Å². The lowest BCUT2D eigenvalue weighted by Crippen LogP contribution is -2.31. The van der Waals surface area contributed by atoms with Gasteiger partial charge < -0.3 is 15.1 Å². The van der Waals surface area contributed by atoms with Crippen LogP contribution in [0.25, 0.3) is 11.1 Å². The average Bonchev–Trinajstić information content (AvgIpc) is 3.25. The van der Waals surface area contributed by atoms with Gasteiger partial charge in [0.25, 0.3) is 5.91 Å². The fourth-order valence-electron chi connectivity index (χ4n) is 3.77. The van der Waals surface area contributed by atoms with Crippen LogP contribution in [0.2, 0.25) is 5.02 Å². The van der Waals surface area contributed by atoms with Gasteiger partial charge in [-0.2, -0.15) is 0 Å². The van der Waals surface area contributed by atoms with E-state index < -0.39 is 0 Å². The molecule has 0 saturated carbocycles. The molecule has 1 N–H and O–H groups in total. The number of rotatable bonds is 5. The number of aromatic nitrogens is 1. The number of halogens is 1. The highest BCUT2D eigenvalue weighted by atomic mass is 35.5. The van der Waals surface area contributed by atoms with Crippen LogP contribution in [0.15, 0.2) is 67.0 Å². The summed E-state index contributed by atoms with van der Waals surface area (Å²) in [4.78, 5) is 21.3. The molecule has 4 rings (SSSR count). The van der Waals surface area contributed by atoms with Crippen LogP contribution in [0.5, 0.6) is 0 Å². The molecule has 30 heavy (non-hydrogen) atoms. The molecule has 1 amide bonds. The number of carbonyl (C=O) groups excluding carboxylic acids is 1. The number of benzene rings is 2. The Morgan fingerprint density at radius 1 is 1.10 bits per heavy atom. The van der Waals surface area contributed by atoms with Crippen LogP contribution in [0, 0.1) is 0 Å². The number of nitrogens with one attached hydrogen (secondary N) is 1. The number of likely N-dealkylation sites (N-methyl/N-ethyl adjacent to an activating group) is 1. The number of anilines is 2. The molecule has 1 atom stereocenters. The maximum absolute atomic E-state index is 12.6. The summed E-state index contributed by atoms with van der Waals surface area (Å²) in [5.74, 6) is -0.135. The van der Waals surface area contributed by atoms with Crippen molar-refractivity contribution in [3.8, 4) is 11.1 Å². The molecule has 0 aliphatic carbocycles. The largest absolute Gasteiger partial charge is 0.370 e. The van der Waals surface area contributed by atoms with Crippen molar-refractivity contribution in [3.63, 3.8) is 0 Å². The number of carbonyl (C=O) groups is 1. The summed E-state index contributed by atoms with van der Waals surface area (Å²) in [5, 5.41) is 3.56. The third kappa shape index (κ3) is 4.48. The summed E-state index contributed by atoms with van der Waals surface area (Å²) in [7, 11) is 4.26. The summed E-state index contributed by atoms with van der Waals surface area (Å²) < 4.78 is 0. The molecule has 154 valence electrons. The fraction of sp³-hybridized carbons (Fsp3) is 0.250. The first kappa shape index (κ1) is 20.4. The second-order valence-electron chi connectivity index (χ2n) is 7.79. The Morgan fingerprint density at radius 3 is 2.47 bits per heavy atom. The second kappa shape index (κ2) is 8.86. The summed E-state index contributed by atoms with van der Waals surface area (Å²) in [6, 6.07) is 17.9. The molecule has 0 spiro atoms. The Bertz CT molecular complexity index is 1020. The first-order valence-corrected chi connectivity index (χ1v) is 10.4. The normalized spacial score (nSPS) is 16.1. The van der Waals surface area contributed by atoms with Crippen LogP contribution < -0.4 is 10.2 Å². The van der Waals surface area contributed by atoms with E-state index in [-0.39, 0.29) is 5.91 Å². The van der Waals surface area contributed by atoms with E-state index in [1.54, 1.807) is 24.5 Å². The Balaban J connectivity index is 1.40. The molecule has 2 aromatic carbocycles. The molecule has 1 unspecified atom stereocenters. The average molecular weight is 421 g/mol. The first-order valence-electron chi connectivity index (χ1n) is 10.0. The number of nitrogens with zero attached hydrogens (tertiary/aromatic N) is 3. The van der Waals surface area contributed by atoms with Crippen molar-refractivity contribution in [2.24, 2.45) is 0 Å². The predicted octanol–water partition coefficient (Wildman–Crippen LogP) is 4.79. The van der Waals surface area contributed by atoms with Gasteiger partial charge in [-0.15, -0.1) is 0 Å². The third-order valence-corrected chi connectivity index (χ3v) is 5.92. The van der Waals surface area contributed by atoms with E-state index in [0.717, 1.165) is 29.9 Å². The van der Waals surface area contributed by atoms with Gasteiger partial charge in [0, 0.05) is 54.0 Å². The summed E-state index contributed by atoms with van der Waals surface area (Å²) >= 11 is 6.20. The lowest BCUT2D eigenvalue weighted by molar-refractivity contribution is 0.102. The third-order valence-electron chi connectivity index (χ3n) is 5.61. The van der Waals surface area contributed by atoms with Crippen LogP contribution in [0.1, 0.15) is 16.8 Å². The van der Waals surface area contributed by atoms with E-state index in [9.17, 15) is 4.79 Å². The van der Waals surface area contributed by atoms with E-state index in [0.29, 0.717) is 16.6 Å². The van der Waals surface area contributed by atoms with Gasteiger partial charge in [0.05, 0.1) is 5.02 Å². The Labute approximate surface area is 182 Å². The van der Waals surface area contributed by atoms with Crippen molar-refractivity contribution < 1.29 is 4.79 Å². The van der Waals surface area contributed by atoms with Crippen molar-refractivity contribution in [2.75, 3.05) is 37.4 Å². The zero-order chi connectivity index (χ0) is 21.1. The molecule has 5 nitrogen and oxygen atoms in total. The van der Waals surface area contributed by atoms with E-state index in [2.05, 4.69) is 46.3 Å². The van der Waals surface area contributed by atoms with E-state index in [1.165, 1.54) is 12.1 Å². The highest BCUT2D eigenvalue weighted by molar-refractivity contribution is 6.33. The number of hydrogen-bond donors (Lipinski definition) is 1. The molecule has 0 bridgehead atoms. The van der Waals surface area contributed by atoms with Crippen molar-refractivity contribution in [2.45, 2.75) is 12.5 Å². The summed E-state index contributed by atoms with van der Waals surface area (Å²) in [6.45, 7) is 2.09. The minimum Gasteiger partial charge on any atom is -0.370 e. The number of amides is 1. The maximum Gasteiger partial charge on any atom is 0.255 e. The van der Waals surface area contributed by atoms with Crippen LogP contribution >= 0.6 is 11.6 Å². The van der Waals surface area contributed by atoms with E-state index in [4.69, 9.17) is 11.6 Å². The molecule has 1 fully saturated rings. The molecule has 1 aromatic heterocycles. The predicted molar refractivity (Wildman–Crippen MR) is 123 cm³/mol. The minimum atomic E-state index is -0.135. The van der Waals surface area contributed by atoms with Gasteiger partial charge in [0.2, 0.25) is 0 Å². The van der Waals surface area contributed by atoms with Gasteiger partial charge in [-0.05, 0) is 68.5 Å². The van der Waals surface area contributed by atoms with Gasteiger partial charge in [-0.3, -0.25) is 9.78 Å². The summed E-state index contributed by atoms with van der Waals surface area (Å²) in [6.07, 6.45) is 4.49. The molecular formula is C24H25ClN4O. The number of hydrogen-bond acceptors (Lipinski definition) is 4. The highest BCUT2D eigenvalue weighted by Crippen LogP contribution is 2.27. The van der Waals surface area contributed by atoms with Gasteiger partial charge in [0.15, 0.2) is 0 Å². The van der Waals surface area contributed by atoms with E-state index in [1.807, 2.05) is 30.3 Å². The number of pyridine rings is 1. The standard InChI is InChI=1S/C24H25ClN4O/c1-28(2)21-12-14-29(16-21)20-9-7-19(8-10-20)27-24(30)18-5-3-17(4-6-18)22-11-13-26-15-23(22)25/h3-11,13,15,21H,12,14,16H2,1-2H3,(H,27,30). The summed E-state index contributed by atoms with van der Waals surface area (Å²) in [5.41, 5.74) is 4.42. The molecule has 1 aliphatic heterocycles. The second-order valence-corrected chi connectivity index (χ2v) is 8.19. The Morgan fingerprint density at radius 2 is 1.83 bits per heavy atom. The molecule has 1 saturated heterocycles. The molecular weight excluding hydrogens is 396 g/mol. The topological polar surface area (TPSA) is 48.5 Å². The van der Waals surface area contributed by atoms with Crippen molar-refractivity contribution in [3.05, 3.63) is 77.6 Å². The lowest BCUT2D eigenvalue weighted by atomic mass is 10.0. The van der Waals surface area contributed by atoms with Crippen LogP contribution in [-0.4, -0.2) is 49.0 Å². The van der Waals surface area contributed by atoms with Crippen LogP contribution in [0.4, 0.5) is 11.4 Å². The quantitative estimate of drug-likeness (QED) is 0.644. The zero-order valence-corrected chi connectivity index (χ0v) is 17.9. The zero-order valence-electron chi connectivity index (χ0n) is 17.2. The van der Waals surface area contributed by atoms with Crippen molar-refractivity contribution in [1.29, 1.82) is 0 Å². The van der Waals surface area contributed by atoms with Crippen LogP contribution in [-0.2, 0) is 0 Å². The van der Waals surface area contributed by atoms with Crippen molar-refractivity contribution >= 4 is 28.9 Å². The molecule has 1 aliphatic rings. The van der Waals surface area contributed by atoms with Gasteiger partial charge in [-0.1, -0.05) is 23.7 Å². The molecule has 2 heterocycles. The van der Waals surface area contributed by atoms with Gasteiger partial charge in [0.1, 0.15) is 0 Å². The Kier molecular flexibility index (Phi) is 6.02. The smallest absolute Gasteiger partial charge is 0.255 e. The van der Waals surface area contributed by atoms with Gasteiger partial charge >= 0.3 is 0 Å². The molecule has 0 radical (unpaired) electrons. The minimum absolute atomic E-state index is 0.135. The highest BCUT2D eigenvalue weighted by Gasteiger charge is 2.24. The molecule has 6 heteroatoms. The van der Waals surface area contributed by atoms with E-state index >= 15 is 0 Å². The maximum atomic E-state index is 12.6. The molecule has 3 aromatic rings. The van der Waals surface area contributed by atoms with Gasteiger partial charge in [-0.25, -0.2) is 0 Å². The first-order chi connectivity index (χ1) is 14.5. The fourth-order valence-corrected chi connectivity index (χ4v) is 4.00. The monoisotopic (exact) mass is 420 g/mol. The Hall–Kier alpha value is -2.89. The SMILES string of the molecule is CN(C)C1CCN(c2ccc(NC(=O)c3ccc(-c4ccncc4Cl)cc3)cc2)C1. The lowest BCUT2D eigenvalue weighted by Gasteiger charge is -2.22. The van der Waals surface area contributed by atoms with Crippen LogP contribution in [0.3, 0.4) is 0 Å².